The molecule has 0 N–H and O–H groups in total. The lowest BCUT2D eigenvalue weighted by Crippen LogP contribution is -2.19. The zero-order valence-electron chi connectivity index (χ0n) is 11.7. The maximum atomic E-state index is 12.0. The van der Waals surface area contributed by atoms with E-state index in [4.69, 9.17) is 11.6 Å². The van der Waals surface area contributed by atoms with Crippen molar-refractivity contribution in [2.45, 2.75) is 39.5 Å². The maximum absolute atomic E-state index is 12.0. The number of aryl methyl sites for hydroxylation is 1. The van der Waals surface area contributed by atoms with Gasteiger partial charge in [-0.25, -0.2) is 0 Å². The second kappa shape index (κ2) is 6.48. The van der Waals surface area contributed by atoms with Gasteiger partial charge in [-0.2, -0.15) is 14.6 Å². The van der Waals surface area contributed by atoms with E-state index in [9.17, 15) is 14.9 Å². The van der Waals surface area contributed by atoms with E-state index in [-0.39, 0.29) is 10.1 Å². The van der Waals surface area contributed by atoms with Gasteiger partial charge in [0.1, 0.15) is 5.01 Å². The Morgan fingerprint density at radius 2 is 2.10 bits per heavy atom. The Hall–Kier alpha value is -1.54. The Morgan fingerprint density at radius 1 is 1.43 bits per heavy atom. The first-order chi connectivity index (χ1) is 9.97. The number of fused-ring (bicyclic) bond motifs is 1. The van der Waals surface area contributed by atoms with Gasteiger partial charge in [0.2, 0.25) is 10.1 Å². The van der Waals surface area contributed by atoms with Crippen LogP contribution in [0.15, 0.2) is 4.79 Å². The first-order valence-corrected chi connectivity index (χ1v) is 7.90. The summed E-state index contributed by atoms with van der Waals surface area (Å²) >= 11 is 6.94. The topological polar surface area (TPSA) is 90.4 Å². The lowest BCUT2D eigenvalue weighted by atomic mass is 9.98. The van der Waals surface area contributed by atoms with Gasteiger partial charge < -0.3 is 0 Å². The zero-order valence-corrected chi connectivity index (χ0v) is 13.3. The van der Waals surface area contributed by atoms with E-state index < -0.39 is 16.2 Å². The molecule has 0 unspecified atom stereocenters. The molecule has 0 aliphatic carbocycles. The van der Waals surface area contributed by atoms with Gasteiger partial charge in [-0.1, -0.05) is 49.6 Å². The summed E-state index contributed by atoms with van der Waals surface area (Å²) in [5.41, 5.74) is -1.56. The van der Waals surface area contributed by atoms with Crippen LogP contribution in [0.2, 0.25) is 5.15 Å². The van der Waals surface area contributed by atoms with E-state index in [0.29, 0.717) is 5.92 Å². The van der Waals surface area contributed by atoms with E-state index in [1.54, 1.807) is 0 Å². The molecule has 0 saturated heterocycles. The molecule has 0 amide bonds. The molecular formula is C12H15ClN4O3S. The summed E-state index contributed by atoms with van der Waals surface area (Å²) in [7, 11) is 0. The van der Waals surface area contributed by atoms with Crippen LogP contribution in [0.1, 0.15) is 38.1 Å². The zero-order chi connectivity index (χ0) is 15.6. The van der Waals surface area contributed by atoms with Crippen LogP contribution in [-0.2, 0) is 6.42 Å². The maximum Gasteiger partial charge on any atom is 0.372 e. The van der Waals surface area contributed by atoms with Crippen molar-refractivity contribution in [3.05, 3.63) is 30.6 Å². The molecule has 0 bridgehead atoms. The van der Waals surface area contributed by atoms with Crippen molar-refractivity contribution >= 4 is 33.6 Å². The predicted molar refractivity (Wildman–Crippen MR) is 81.2 cm³/mol. The molecule has 0 fully saturated rings. The van der Waals surface area contributed by atoms with Crippen LogP contribution in [0.5, 0.6) is 0 Å². The Bertz CT molecular complexity index is 723. The predicted octanol–water partition coefficient (Wildman–Crippen LogP) is 3.08. The third-order valence-corrected chi connectivity index (χ3v) is 4.72. The summed E-state index contributed by atoms with van der Waals surface area (Å²) < 4.78 is 0.969. The molecule has 2 aromatic rings. The smallest absolute Gasteiger partial charge is 0.259 e. The van der Waals surface area contributed by atoms with Gasteiger partial charge in [0, 0.05) is 6.42 Å². The van der Waals surface area contributed by atoms with Crippen molar-refractivity contribution in [1.82, 2.24) is 14.6 Å². The molecule has 0 aromatic carbocycles. The molecular weight excluding hydrogens is 316 g/mol. The monoisotopic (exact) mass is 330 g/mol. The Kier molecular flexibility index (Phi) is 4.89. The fourth-order valence-electron chi connectivity index (χ4n) is 2.13. The minimum atomic E-state index is -0.833. The minimum absolute atomic E-state index is 0.287. The van der Waals surface area contributed by atoms with Crippen LogP contribution >= 0.6 is 22.9 Å². The molecule has 2 heterocycles. The van der Waals surface area contributed by atoms with Gasteiger partial charge in [0.05, 0.1) is 4.92 Å². The second-order valence-electron chi connectivity index (χ2n) is 4.72. The van der Waals surface area contributed by atoms with Crippen LogP contribution in [0, 0.1) is 16.0 Å². The van der Waals surface area contributed by atoms with Crippen molar-refractivity contribution in [3.63, 3.8) is 0 Å². The van der Waals surface area contributed by atoms with Crippen molar-refractivity contribution in [1.29, 1.82) is 0 Å². The highest BCUT2D eigenvalue weighted by molar-refractivity contribution is 7.16. The minimum Gasteiger partial charge on any atom is -0.259 e. The van der Waals surface area contributed by atoms with Crippen molar-refractivity contribution < 1.29 is 4.92 Å². The number of hydrogen-bond donors (Lipinski definition) is 0. The number of nitro groups is 1. The van der Waals surface area contributed by atoms with Crippen LogP contribution < -0.4 is 5.56 Å². The average molecular weight is 331 g/mol. The van der Waals surface area contributed by atoms with Crippen molar-refractivity contribution in [2.24, 2.45) is 5.92 Å². The third-order valence-electron chi connectivity index (χ3n) is 3.49. The van der Waals surface area contributed by atoms with Gasteiger partial charge in [-0.15, -0.1) is 0 Å². The lowest BCUT2D eigenvalue weighted by molar-refractivity contribution is -0.386. The van der Waals surface area contributed by atoms with Gasteiger partial charge in [0.15, 0.2) is 0 Å². The molecule has 0 atom stereocenters. The van der Waals surface area contributed by atoms with Crippen molar-refractivity contribution in [2.75, 3.05) is 0 Å². The summed E-state index contributed by atoms with van der Waals surface area (Å²) in [6, 6.07) is 0. The SMILES string of the molecule is CCC(CC)CCc1nn2c(=O)c([N+](=O)[O-])c(Cl)nc2s1. The van der Waals surface area contributed by atoms with Crippen molar-refractivity contribution in [3.8, 4) is 0 Å². The summed E-state index contributed by atoms with van der Waals surface area (Å²) in [6.45, 7) is 4.28. The highest BCUT2D eigenvalue weighted by Gasteiger charge is 2.24. The van der Waals surface area contributed by atoms with E-state index in [1.807, 2.05) is 0 Å². The molecule has 9 heteroatoms. The first-order valence-electron chi connectivity index (χ1n) is 6.70. The standard InChI is InChI=1S/C12H15ClN4O3S/c1-3-7(4-2)5-6-8-15-16-11(18)9(17(19)20)10(13)14-12(16)21-8/h7H,3-6H2,1-2H3. The fourth-order valence-corrected chi connectivity index (χ4v) is 3.31. The first kappa shape index (κ1) is 15.8. The molecule has 0 spiro atoms. The van der Waals surface area contributed by atoms with Gasteiger partial charge in [0.25, 0.3) is 0 Å². The molecule has 2 aromatic heterocycles. The molecule has 2 rings (SSSR count). The molecule has 0 radical (unpaired) electrons. The highest BCUT2D eigenvalue weighted by Crippen LogP contribution is 2.23. The number of hydrogen-bond acceptors (Lipinski definition) is 6. The van der Waals surface area contributed by atoms with E-state index in [0.717, 1.165) is 35.2 Å². The van der Waals surface area contributed by atoms with Crippen LogP contribution in [0.3, 0.4) is 0 Å². The normalized spacial score (nSPS) is 11.4. The summed E-state index contributed by atoms with van der Waals surface area (Å²) in [5.74, 6) is 0.611. The van der Waals surface area contributed by atoms with Gasteiger partial charge in [-0.3, -0.25) is 14.9 Å². The van der Waals surface area contributed by atoms with E-state index in [1.165, 1.54) is 11.3 Å². The van der Waals surface area contributed by atoms with Crippen LogP contribution in [0.25, 0.3) is 4.96 Å². The second-order valence-corrected chi connectivity index (χ2v) is 6.12. The summed E-state index contributed by atoms with van der Waals surface area (Å²) in [4.78, 5) is 26.2. The molecule has 0 aliphatic rings. The molecule has 114 valence electrons. The van der Waals surface area contributed by atoms with Crippen LogP contribution in [0.4, 0.5) is 5.69 Å². The van der Waals surface area contributed by atoms with Gasteiger partial charge >= 0.3 is 11.2 Å². The number of rotatable bonds is 6. The van der Waals surface area contributed by atoms with E-state index >= 15 is 0 Å². The molecule has 0 saturated carbocycles. The Labute approximate surface area is 129 Å². The molecule has 0 aliphatic heterocycles. The summed E-state index contributed by atoms with van der Waals surface area (Å²) in [5, 5.41) is 15.3. The molecule has 21 heavy (non-hydrogen) atoms. The van der Waals surface area contributed by atoms with E-state index in [2.05, 4.69) is 23.9 Å². The average Bonchev–Trinajstić information content (AvgIpc) is 2.82. The quantitative estimate of drug-likeness (QED) is 0.461. The third kappa shape index (κ3) is 3.21. The highest BCUT2D eigenvalue weighted by atomic mass is 35.5. The summed E-state index contributed by atoms with van der Waals surface area (Å²) in [6.07, 6.45) is 3.89. The number of halogens is 1. The molecule has 7 nitrogen and oxygen atoms in total. The Morgan fingerprint density at radius 3 is 2.67 bits per heavy atom. The Balaban J connectivity index is 2.36. The van der Waals surface area contributed by atoms with Gasteiger partial charge in [-0.05, 0) is 12.3 Å². The fraction of sp³-hybridized carbons (Fsp3) is 0.583. The van der Waals surface area contributed by atoms with Crippen LogP contribution in [-0.4, -0.2) is 19.5 Å². The number of aromatic nitrogens is 3. The lowest BCUT2D eigenvalue weighted by Gasteiger charge is -2.09. The largest absolute Gasteiger partial charge is 0.372 e. The number of nitrogens with zero attached hydrogens (tertiary/aromatic N) is 4.